The average molecular weight is 463 g/mol. The van der Waals surface area contributed by atoms with Crippen LogP contribution in [0.1, 0.15) is 22.8 Å². The summed E-state index contributed by atoms with van der Waals surface area (Å²) in [6.45, 7) is 1.64. The Labute approximate surface area is 188 Å². The first-order valence-electron chi connectivity index (χ1n) is 9.34. The Morgan fingerprint density at radius 2 is 1.71 bits per heavy atom. The van der Waals surface area contributed by atoms with Gasteiger partial charge in [-0.2, -0.15) is 11.8 Å². The Morgan fingerprint density at radius 1 is 1.06 bits per heavy atom. The van der Waals surface area contributed by atoms with Crippen LogP contribution in [0.15, 0.2) is 54.6 Å². The largest absolute Gasteiger partial charge is 0.480 e. The van der Waals surface area contributed by atoms with Crippen LogP contribution in [0.4, 0.5) is 5.69 Å². The maximum Gasteiger partial charge on any atom is 0.327 e. The highest BCUT2D eigenvalue weighted by atomic mass is 32.2. The molecule has 0 unspecified atom stereocenters. The number of nitrogens with one attached hydrogen (secondary N) is 1. The molecule has 0 radical (unpaired) electrons. The van der Waals surface area contributed by atoms with Crippen LogP contribution < -0.4 is 5.32 Å². The van der Waals surface area contributed by atoms with Crippen LogP contribution in [0.3, 0.4) is 0 Å². The zero-order valence-corrected chi connectivity index (χ0v) is 18.4. The van der Waals surface area contributed by atoms with Crippen LogP contribution in [-0.4, -0.2) is 44.6 Å². The van der Waals surface area contributed by atoms with Crippen molar-refractivity contribution in [3.8, 4) is 0 Å². The normalized spacial score (nSPS) is 12.5. The van der Waals surface area contributed by atoms with Crippen LogP contribution in [0, 0.1) is 16.0 Å². The summed E-state index contributed by atoms with van der Waals surface area (Å²) < 4.78 is 0. The molecule has 0 aliphatic rings. The summed E-state index contributed by atoms with van der Waals surface area (Å²) in [7, 11) is 0. The summed E-state index contributed by atoms with van der Waals surface area (Å²) >= 11 is 2.32. The van der Waals surface area contributed by atoms with Crippen molar-refractivity contribution in [2.75, 3.05) is 11.5 Å². The van der Waals surface area contributed by atoms with Gasteiger partial charge in [-0.25, -0.2) is 4.79 Å². The third kappa shape index (κ3) is 8.06. The lowest BCUT2D eigenvalue weighted by Crippen LogP contribution is -2.45. The number of aliphatic carboxylic acids is 1. The maximum absolute atomic E-state index is 12.4. The maximum atomic E-state index is 12.4. The summed E-state index contributed by atoms with van der Waals surface area (Å²) in [5, 5.41) is 22.5. The van der Waals surface area contributed by atoms with Crippen LogP contribution in [0.5, 0.6) is 0 Å². The number of amides is 1. The fraction of sp³-hybridized carbons (Fsp3) is 0.286. The van der Waals surface area contributed by atoms with E-state index in [4.69, 9.17) is 0 Å². The van der Waals surface area contributed by atoms with Crippen molar-refractivity contribution in [1.82, 2.24) is 5.32 Å². The smallest absolute Gasteiger partial charge is 0.327 e. The highest BCUT2D eigenvalue weighted by Gasteiger charge is 2.23. The minimum absolute atomic E-state index is 0.0120. The Hall–Kier alpha value is -2.85. The fourth-order valence-electron chi connectivity index (χ4n) is 2.43. The number of hydrogen-bond acceptors (Lipinski definition) is 7. The molecule has 0 saturated carbocycles. The molecule has 2 N–H and O–H groups in total. The van der Waals surface area contributed by atoms with E-state index in [2.05, 4.69) is 5.32 Å². The van der Waals surface area contributed by atoms with Crippen molar-refractivity contribution in [3.63, 3.8) is 0 Å². The number of nitro groups is 1. The summed E-state index contributed by atoms with van der Waals surface area (Å²) in [6.07, 6.45) is 0. The van der Waals surface area contributed by atoms with Crippen molar-refractivity contribution in [1.29, 1.82) is 0 Å². The Morgan fingerprint density at radius 3 is 2.29 bits per heavy atom. The lowest BCUT2D eigenvalue weighted by atomic mass is 10.2. The molecule has 0 aliphatic heterocycles. The van der Waals surface area contributed by atoms with Gasteiger partial charge < -0.3 is 10.4 Å². The topological polar surface area (TPSA) is 127 Å². The lowest BCUT2D eigenvalue weighted by Gasteiger charge is -2.17. The van der Waals surface area contributed by atoms with E-state index < -0.39 is 28.8 Å². The number of benzene rings is 2. The van der Waals surface area contributed by atoms with Crippen LogP contribution in [0.25, 0.3) is 0 Å². The third-order valence-corrected chi connectivity index (χ3v) is 6.51. The van der Waals surface area contributed by atoms with Gasteiger partial charge in [0.25, 0.3) is 5.69 Å². The molecule has 0 heterocycles. The first kappa shape index (κ1) is 24.4. The first-order chi connectivity index (χ1) is 14.8. The molecular weight excluding hydrogens is 440 g/mol. The molecule has 0 aromatic heterocycles. The highest BCUT2D eigenvalue weighted by molar-refractivity contribution is 8.14. The molecule has 0 fully saturated rings. The predicted molar refractivity (Wildman–Crippen MR) is 121 cm³/mol. The number of nitro benzene ring substituents is 1. The standard InChI is InChI=1S/C21H22N2O6S2/c1-14(11-31-21(27)16-5-3-2-4-6-16)19(24)22-18(20(25)26)13-30-12-15-7-9-17(10-8-15)23(28)29/h2-10,14,18H,11-13H2,1H3,(H,22,24)(H,25,26)/t14-,18+/m1/s1. The molecule has 8 nitrogen and oxygen atoms in total. The molecule has 2 rings (SSSR count). The fourth-order valence-corrected chi connectivity index (χ4v) is 4.29. The van der Waals surface area contributed by atoms with Gasteiger partial charge in [0, 0.05) is 40.9 Å². The number of nitrogens with zero attached hydrogens (tertiary/aromatic N) is 1. The van der Waals surface area contributed by atoms with Gasteiger partial charge in [0.2, 0.25) is 11.0 Å². The second-order valence-corrected chi connectivity index (χ2v) is 8.73. The van der Waals surface area contributed by atoms with Gasteiger partial charge in [0.05, 0.1) is 4.92 Å². The molecule has 164 valence electrons. The molecule has 0 spiro atoms. The van der Waals surface area contributed by atoms with Crippen molar-refractivity contribution in [2.24, 2.45) is 5.92 Å². The molecule has 31 heavy (non-hydrogen) atoms. The molecule has 2 aromatic carbocycles. The quantitative estimate of drug-likeness (QED) is 0.383. The minimum Gasteiger partial charge on any atom is -0.480 e. The summed E-state index contributed by atoms with van der Waals surface area (Å²) in [6, 6.07) is 13.7. The number of non-ortho nitro benzene ring substituents is 1. The zero-order chi connectivity index (χ0) is 22.8. The SMILES string of the molecule is C[C@H](CSC(=O)c1ccccc1)C(=O)N[C@@H](CSCc1ccc([N+](=O)[O-])cc1)C(=O)O. The summed E-state index contributed by atoms with van der Waals surface area (Å²) in [5.41, 5.74) is 1.35. The molecular formula is C21H22N2O6S2. The van der Waals surface area contributed by atoms with Gasteiger partial charge in [-0.3, -0.25) is 19.7 Å². The number of carbonyl (C=O) groups is 3. The second kappa shape index (κ2) is 12.1. The first-order valence-corrected chi connectivity index (χ1v) is 11.5. The van der Waals surface area contributed by atoms with E-state index in [1.807, 2.05) is 6.07 Å². The lowest BCUT2D eigenvalue weighted by molar-refractivity contribution is -0.384. The van der Waals surface area contributed by atoms with E-state index >= 15 is 0 Å². The van der Waals surface area contributed by atoms with Gasteiger partial charge in [0.1, 0.15) is 6.04 Å². The summed E-state index contributed by atoms with van der Waals surface area (Å²) in [5.74, 6) is -1.29. The number of hydrogen-bond donors (Lipinski definition) is 2. The molecule has 2 atom stereocenters. The number of carboxylic acids is 1. The predicted octanol–water partition coefficient (Wildman–Crippen LogP) is 3.61. The number of carboxylic acid groups (broad SMARTS) is 1. The van der Waals surface area contributed by atoms with E-state index in [0.29, 0.717) is 11.3 Å². The Kier molecular flexibility index (Phi) is 9.54. The number of rotatable bonds is 11. The Bertz CT molecular complexity index is 921. The van der Waals surface area contributed by atoms with Crippen LogP contribution >= 0.6 is 23.5 Å². The van der Waals surface area contributed by atoms with Crippen molar-refractivity contribution >= 4 is 46.2 Å². The van der Waals surface area contributed by atoms with Gasteiger partial charge in [-0.15, -0.1) is 0 Å². The Balaban J connectivity index is 1.80. The molecule has 10 heteroatoms. The number of carbonyl (C=O) groups excluding carboxylic acids is 2. The van der Waals surface area contributed by atoms with E-state index in [1.165, 1.54) is 23.9 Å². The molecule has 2 aromatic rings. The van der Waals surface area contributed by atoms with Crippen molar-refractivity contribution in [2.45, 2.75) is 18.7 Å². The zero-order valence-electron chi connectivity index (χ0n) is 16.7. The molecule has 0 aliphatic carbocycles. The second-order valence-electron chi connectivity index (χ2n) is 6.70. The molecule has 0 saturated heterocycles. The number of thioether (sulfide) groups is 2. The van der Waals surface area contributed by atoms with Gasteiger partial charge in [0.15, 0.2) is 0 Å². The van der Waals surface area contributed by atoms with Gasteiger partial charge in [-0.1, -0.05) is 61.2 Å². The van der Waals surface area contributed by atoms with Gasteiger partial charge >= 0.3 is 5.97 Å². The average Bonchev–Trinajstić information content (AvgIpc) is 2.77. The third-order valence-electron chi connectivity index (χ3n) is 4.24. The summed E-state index contributed by atoms with van der Waals surface area (Å²) in [4.78, 5) is 46.2. The van der Waals surface area contributed by atoms with E-state index in [0.717, 1.165) is 17.3 Å². The molecule has 0 bridgehead atoms. The minimum atomic E-state index is -1.15. The van der Waals surface area contributed by atoms with Crippen LogP contribution in [0.2, 0.25) is 0 Å². The van der Waals surface area contributed by atoms with E-state index in [-0.39, 0.29) is 22.3 Å². The monoisotopic (exact) mass is 462 g/mol. The highest BCUT2D eigenvalue weighted by Crippen LogP contribution is 2.18. The van der Waals surface area contributed by atoms with E-state index in [9.17, 15) is 29.6 Å². The van der Waals surface area contributed by atoms with Crippen LogP contribution in [-0.2, 0) is 15.3 Å². The van der Waals surface area contributed by atoms with E-state index in [1.54, 1.807) is 43.3 Å². The molecule has 1 amide bonds. The van der Waals surface area contributed by atoms with Gasteiger partial charge in [-0.05, 0) is 5.56 Å². The van der Waals surface area contributed by atoms with Crippen molar-refractivity contribution < 1.29 is 24.4 Å². The van der Waals surface area contributed by atoms with Crippen molar-refractivity contribution in [3.05, 3.63) is 75.8 Å².